The number of rotatable bonds is 4. The Morgan fingerprint density at radius 2 is 2.31 bits per heavy atom. The molecule has 86 valence electrons. The van der Waals surface area contributed by atoms with Crippen molar-refractivity contribution in [2.45, 2.75) is 19.8 Å². The molecule has 1 N–H and O–H groups in total. The van der Waals surface area contributed by atoms with Crippen LogP contribution in [0.15, 0.2) is 18.3 Å². The minimum Gasteiger partial charge on any atom is -0.351 e. The van der Waals surface area contributed by atoms with Crippen molar-refractivity contribution in [3.63, 3.8) is 0 Å². The van der Waals surface area contributed by atoms with Gasteiger partial charge >= 0.3 is 0 Å². The summed E-state index contributed by atoms with van der Waals surface area (Å²) in [6.45, 7) is 2.57. The van der Waals surface area contributed by atoms with Gasteiger partial charge in [-0.15, -0.1) is 11.6 Å². The van der Waals surface area contributed by atoms with Gasteiger partial charge in [0.05, 0.1) is 5.56 Å². The molecule has 1 fully saturated rings. The van der Waals surface area contributed by atoms with Gasteiger partial charge in [-0.25, -0.2) is 0 Å². The van der Waals surface area contributed by atoms with Gasteiger partial charge in [0.15, 0.2) is 0 Å². The van der Waals surface area contributed by atoms with E-state index >= 15 is 0 Å². The summed E-state index contributed by atoms with van der Waals surface area (Å²) in [7, 11) is 0. The number of amides is 1. The number of halogens is 1. The summed E-state index contributed by atoms with van der Waals surface area (Å²) < 4.78 is 0. The average molecular weight is 239 g/mol. The minimum atomic E-state index is -0.0658. The highest BCUT2D eigenvalue weighted by atomic mass is 35.5. The fourth-order valence-corrected chi connectivity index (χ4v) is 1.87. The van der Waals surface area contributed by atoms with Crippen LogP contribution in [0.1, 0.15) is 28.9 Å². The topological polar surface area (TPSA) is 42.0 Å². The van der Waals surface area contributed by atoms with E-state index in [-0.39, 0.29) is 11.3 Å². The highest BCUT2D eigenvalue weighted by molar-refractivity contribution is 6.18. The van der Waals surface area contributed by atoms with Gasteiger partial charge in [-0.2, -0.15) is 0 Å². The largest absolute Gasteiger partial charge is 0.351 e. The molecule has 0 bridgehead atoms. The molecule has 0 saturated heterocycles. The van der Waals surface area contributed by atoms with Crippen LogP contribution in [-0.2, 0) is 0 Å². The molecule has 0 unspecified atom stereocenters. The summed E-state index contributed by atoms with van der Waals surface area (Å²) in [5, 5.41) is 2.91. The van der Waals surface area contributed by atoms with Crippen molar-refractivity contribution in [3.05, 3.63) is 29.6 Å². The molecule has 1 heterocycles. The van der Waals surface area contributed by atoms with Gasteiger partial charge in [-0.3, -0.25) is 9.78 Å². The smallest absolute Gasteiger partial charge is 0.252 e. The molecule has 1 aliphatic carbocycles. The summed E-state index contributed by atoms with van der Waals surface area (Å²) in [6.07, 6.45) is 3.83. The van der Waals surface area contributed by atoms with E-state index in [1.807, 2.05) is 13.0 Å². The van der Waals surface area contributed by atoms with Gasteiger partial charge in [0, 0.05) is 29.7 Å². The molecule has 1 aromatic rings. The first kappa shape index (κ1) is 11.4. The average Bonchev–Trinajstić information content (AvgIpc) is 3.08. The van der Waals surface area contributed by atoms with Crippen LogP contribution in [0.5, 0.6) is 0 Å². The van der Waals surface area contributed by atoms with Crippen LogP contribution in [0.25, 0.3) is 0 Å². The summed E-state index contributed by atoms with van der Waals surface area (Å²) in [5.74, 6) is 0.559. The zero-order chi connectivity index (χ0) is 11.6. The highest BCUT2D eigenvalue weighted by Crippen LogP contribution is 2.45. The molecule has 4 heteroatoms. The van der Waals surface area contributed by atoms with Crippen LogP contribution in [0.2, 0.25) is 0 Å². The first-order chi connectivity index (χ1) is 7.65. The Bertz CT molecular complexity index is 385. The summed E-state index contributed by atoms with van der Waals surface area (Å²) in [4.78, 5) is 15.8. The third-order valence-corrected chi connectivity index (χ3v) is 3.61. The van der Waals surface area contributed by atoms with Crippen molar-refractivity contribution in [2.24, 2.45) is 5.41 Å². The maximum atomic E-state index is 11.8. The standard InChI is InChI=1S/C12H15ClN2O/c1-9-2-3-10(6-14-9)11(16)15-8-12(7-13)4-5-12/h2-3,6H,4-5,7-8H2,1H3,(H,15,16). The van der Waals surface area contributed by atoms with E-state index in [0.29, 0.717) is 18.0 Å². The van der Waals surface area contributed by atoms with Gasteiger partial charge < -0.3 is 5.32 Å². The van der Waals surface area contributed by atoms with E-state index in [2.05, 4.69) is 10.3 Å². The van der Waals surface area contributed by atoms with Crippen molar-refractivity contribution in [1.29, 1.82) is 0 Å². The number of hydrogen-bond acceptors (Lipinski definition) is 2. The van der Waals surface area contributed by atoms with Gasteiger partial charge in [-0.1, -0.05) is 0 Å². The third-order valence-electron chi connectivity index (χ3n) is 3.04. The molecule has 0 aromatic carbocycles. The van der Waals surface area contributed by atoms with Gasteiger partial charge in [0.1, 0.15) is 0 Å². The zero-order valence-electron chi connectivity index (χ0n) is 9.29. The second-order valence-electron chi connectivity index (χ2n) is 4.50. The maximum absolute atomic E-state index is 11.8. The second kappa shape index (κ2) is 4.42. The molecule has 0 atom stereocenters. The molecule has 3 nitrogen and oxygen atoms in total. The number of pyridine rings is 1. The van der Waals surface area contributed by atoms with Crippen LogP contribution in [0.3, 0.4) is 0 Å². The normalized spacial score (nSPS) is 16.9. The maximum Gasteiger partial charge on any atom is 0.252 e. The van der Waals surface area contributed by atoms with Crippen molar-refractivity contribution in [2.75, 3.05) is 12.4 Å². The van der Waals surface area contributed by atoms with Crippen molar-refractivity contribution < 1.29 is 4.79 Å². The van der Waals surface area contributed by atoms with Gasteiger partial charge in [-0.05, 0) is 31.9 Å². The molecule has 16 heavy (non-hydrogen) atoms. The molecule has 1 aliphatic rings. The van der Waals surface area contributed by atoms with Crippen LogP contribution in [0, 0.1) is 12.3 Å². The number of nitrogens with zero attached hydrogens (tertiary/aromatic N) is 1. The summed E-state index contributed by atoms with van der Waals surface area (Å²) in [6, 6.07) is 3.63. The monoisotopic (exact) mass is 238 g/mol. The number of carbonyl (C=O) groups excluding carboxylic acids is 1. The Morgan fingerprint density at radius 1 is 1.56 bits per heavy atom. The molecule has 2 rings (SSSR count). The Balaban J connectivity index is 1.91. The van der Waals surface area contributed by atoms with Crippen LogP contribution < -0.4 is 5.32 Å². The Hall–Kier alpha value is -1.09. The molecule has 0 aliphatic heterocycles. The zero-order valence-corrected chi connectivity index (χ0v) is 10.0. The Morgan fingerprint density at radius 3 is 2.81 bits per heavy atom. The van der Waals surface area contributed by atoms with Crippen LogP contribution in [0.4, 0.5) is 0 Å². The number of aromatic nitrogens is 1. The molecular formula is C12H15ClN2O. The van der Waals surface area contributed by atoms with E-state index in [9.17, 15) is 4.79 Å². The summed E-state index contributed by atoms with van der Waals surface area (Å²) in [5.41, 5.74) is 1.68. The second-order valence-corrected chi connectivity index (χ2v) is 4.77. The van der Waals surface area contributed by atoms with E-state index in [1.54, 1.807) is 12.3 Å². The number of nitrogens with one attached hydrogen (secondary N) is 1. The SMILES string of the molecule is Cc1ccc(C(=O)NCC2(CCl)CC2)cn1. The van der Waals surface area contributed by atoms with Crippen LogP contribution in [-0.4, -0.2) is 23.3 Å². The Kier molecular flexibility index (Phi) is 3.15. The van der Waals surface area contributed by atoms with E-state index < -0.39 is 0 Å². The third kappa shape index (κ3) is 2.53. The predicted molar refractivity (Wildman–Crippen MR) is 63.7 cm³/mol. The molecule has 1 aromatic heterocycles. The fourth-order valence-electron chi connectivity index (χ4n) is 1.51. The lowest BCUT2D eigenvalue weighted by atomic mass is 10.1. The number of carbonyl (C=O) groups is 1. The minimum absolute atomic E-state index is 0.0658. The lowest BCUT2D eigenvalue weighted by Crippen LogP contribution is -2.31. The number of hydrogen-bond donors (Lipinski definition) is 1. The van der Waals surface area contributed by atoms with Crippen molar-refractivity contribution >= 4 is 17.5 Å². The van der Waals surface area contributed by atoms with Gasteiger partial charge in [0.2, 0.25) is 0 Å². The molecular weight excluding hydrogens is 224 g/mol. The molecule has 1 saturated carbocycles. The van der Waals surface area contributed by atoms with Crippen LogP contribution >= 0.6 is 11.6 Å². The van der Waals surface area contributed by atoms with E-state index in [0.717, 1.165) is 18.5 Å². The van der Waals surface area contributed by atoms with Gasteiger partial charge in [0.25, 0.3) is 5.91 Å². The highest BCUT2D eigenvalue weighted by Gasteiger charge is 2.41. The first-order valence-corrected chi connectivity index (χ1v) is 5.95. The molecule has 0 radical (unpaired) electrons. The Labute approximate surface area is 100 Å². The number of aryl methyl sites for hydroxylation is 1. The van der Waals surface area contributed by atoms with E-state index in [1.165, 1.54) is 0 Å². The van der Waals surface area contributed by atoms with Crippen molar-refractivity contribution in [3.8, 4) is 0 Å². The lowest BCUT2D eigenvalue weighted by molar-refractivity contribution is 0.0946. The van der Waals surface area contributed by atoms with E-state index in [4.69, 9.17) is 11.6 Å². The molecule has 1 amide bonds. The molecule has 0 spiro atoms. The van der Waals surface area contributed by atoms with Crippen molar-refractivity contribution in [1.82, 2.24) is 10.3 Å². The predicted octanol–water partition coefficient (Wildman–Crippen LogP) is 2.14. The summed E-state index contributed by atoms with van der Waals surface area (Å²) >= 11 is 5.84. The fraction of sp³-hybridized carbons (Fsp3) is 0.500. The lowest BCUT2D eigenvalue weighted by Gasteiger charge is -2.12. The first-order valence-electron chi connectivity index (χ1n) is 5.42. The quantitative estimate of drug-likeness (QED) is 0.817. The number of alkyl halides is 1.